The van der Waals surface area contributed by atoms with Crippen LogP contribution < -0.4 is 5.32 Å². The predicted molar refractivity (Wildman–Crippen MR) is 72.9 cm³/mol. The van der Waals surface area contributed by atoms with E-state index in [-0.39, 0.29) is 16.0 Å². The molecular formula is C12H9N3O3S. The summed E-state index contributed by atoms with van der Waals surface area (Å²) in [5.41, 5.74) is 0.891. The Bertz CT molecular complexity index is 622. The predicted octanol–water partition coefficient (Wildman–Crippen LogP) is 2.70. The van der Waals surface area contributed by atoms with Gasteiger partial charge in [0.05, 0.1) is 4.92 Å². The Kier molecular flexibility index (Phi) is 3.99. The second-order valence-electron chi connectivity index (χ2n) is 3.49. The van der Waals surface area contributed by atoms with Crippen LogP contribution in [0.4, 0.5) is 10.1 Å². The van der Waals surface area contributed by atoms with Crippen molar-refractivity contribution in [2.24, 2.45) is 0 Å². The SMILES string of the molecule is O=C(/C=C/c1ccccc1)Nc1ncc([N+](=O)[O-])s1. The van der Waals surface area contributed by atoms with Gasteiger partial charge < -0.3 is 0 Å². The van der Waals surface area contributed by atoms with E-state index in [9.17, 15) is 14.9 Å². The third-order valence-corrected chi connectivity index (χ3v) is 2.99. The average molecular weight is 275 g/mol. The summed E-state index contributed by atoms with van der Waals surface area (Å²) >= 11 is 0.815. The fourth-order valence-corrected chi connectivity index (χ4v) is 1.93. The maximum absolute atomic E-state index is 11.6. The molecule has 0 fully saturated rings. The van der Waals surface area contributed by atoms with Gasteiger partial charge in [-0.05, 0) is 23.0 Å². The molecule has 2 rings (SSSR count). The number of thiazole rings is 1. The van der Waals surface area contributed by atoms with Gasteiger partial charge in [-0.2, -0.15) is 0 Å². The number of hydrogen-bond acceptors (Lipinski definition) is 5. The minimum atomic E-state index is -0.548. The van der Waals surface area contributed by atoms with Crippen LogP contribution in [-0.2, 0) is 4.79 Å². The van der Waals surface area contributed by atoms with Crippen molar-refractivity contribution in [1.82, 2.24) is 4.98 Å². The lowest BCUT2D eigenvalue weighted by Crippen LogP contribution is -2.06. The number of hydrogen-bond donors (Lipinski definition) is 1. The van der Waals surface area contributed by atoms with Crippen LogP contribution >= 0.6 is 11.3 Å². The zero-order valence-electron chi connectivity index (χ0n) is 9.65. The van der Waals surface area contributed by atoms with E-state index >= 15 is 0 Å². The molecular weight excluding hydrogens is 266 g/mol. The third-order valence-electron chi connectivity index (χ3n) is 2.13. The molecule has 0 unspecified atom stereocenters. The van der Waals surface area contributed by atoms with Gasteiger partial charge in [-0.25, -0.2) is 4.98 Å². The highest BCUT2D eigenvalue weighted by atomic mass is 32.1. The van der Waals surface area contributed by atoms with Crippen LogP contribution in [0, 0.1) is 10.1 Å². The Morgan fingerprint density at radius 1 is 1.37 bits per heavy atom. The first-order valence-electron chi connectivity index (χ1n) is 5.29. The van der Waals surface area contributed by atoms with Crippen LogP contribution in [0.3, 0.4) is 0 Å². The monoisotopic (exact) mass is 275 g/mol. The smallest absolute Gasteiger partial charge is 0.298 e. The van der Waals surface area contributed by atoms with Crippen molar-refractivity contribution in [1.29, 1.82) is 0 Å². The fourth-order valence-electron chi connectivity index (χ4n) is 1.29. The molecule has 1 amide bonds. The largest absolute Gasteiger partial charge is 0.345 e. The van der Waals surface area contributed by atoms with Gasteiger partial charge in [0.1, 0.15) is 6.20 Å². The third kappa shape index (κ3) is 3.71. The van der Waals surface area contributed by atoms with Gasteiger partial charge >= 0.3 is 5.00 Å². The molecule has 0 bridgehead atoms. The van der Waals surface area contributed by atoms with Crippen LogP contribution in [0.1, 0.15) is 5.56 Å². The van der Waals surface area contributed by atoms with Crippen molar-refractivity contribution in [2.45, 2.75) is 0 Å². The number of amides is 1. The lowest BCUT2D eigenvalue weighted by atomic mass is 10.2. The number of anilines is 1. The van der Waals surface area contributed by atoms with E-state index in [1.54, 1.807) is 6.08 Å². The van der Waals surface area contributed by atoms with E-state index in [0.29, 0.717) is 0 Å². The number of benzene rings is 1. The molecule has 0 aliphatic heterocycles. The van der Waals surface area contributed by atoms with E-state index in [4.69, 9.17) is 0 Å². The molecule has 6 nitrogen and oxygen atoms in total. The van der Waals surface area contributed by atoms with Gasteiger partial charge in [-0.1, -0.05) is 30.3 Å². The molecule has 0 spiro atoms. The fraction of sp³-hybridized carbons (Fsp3) is 0. The van der Waals surface area contributed by atoms with Crippen molar-refractivity contribution in [3.05, 3.63) is 58.3 Å². The number of carbonyl (C=O) groups is 1. The molecule has 0 saturated carbocycles. The second-order valence-corrected chi connectivity index (χ2v) is 4.50. The summed E-state index contributed by atoms with van der Waals surface area (Å²) in [6.45, 7) is 0. The minimum absolute atomic E-state index is 0.109. The quantitative estimate of drug-likeness (QED) is 0.528. The first-order valence-corrected chi connectivity index (χ1v) is 6.11. The highest BCUT2D eigenvalue weighted by Gasteiger charge is 2.12. The molecule has 1 aromatic heterocycles. The molecule has 7 heteroatoms. The standard InChI is InChI=1S/C12H9N3O3S/c16-10(7-6-9-4-2-1-3-5-9)14-12-13-8-11(19-12)15(17)18/h1-8H,(H,13,14,16)/b7-6+. The number of rotatable bonds is 4. The Hall–Kier alpha value is -2.54. The molecule has 0 saturated heterocycles. The lowest BCUT2D eigenvalue weighted by Gasteiger charge is -1.95. The molecule has 96 valence electrons. The molecule has 1 N–H and O–H groups in total. The number of nitrogens with one attached hydrogen (secondary N) is 1. The van der Waals surface area contributed by atoms with Crippen molar-refractivity contribution in [3.63, 3.8) is 0 Å². The first kappa shape index (κ1) is 12.9. The average Bonchev–Trinajstić information content (AvgIpc) is 2.86. The summed E-state index contributed by atoms with van der Waals surface area (Å²) in [4.78, 5) is 25.2. The summed E-state index contributed by atoms with van der Waals surface area (Å²) in [6, 6.07) is 9.33. The van der Waals surface area contributed by atoms with Gasteiger partial charge in [-0.3, -0.25) is 20.2 Å². The molecule has 0 radical (unpaired) electrons. The van der Waals surface area contributed by atoms with E-state index in [1.807, 2.05) is 30.3 Å². The summed E-state index contributed by atoms with van der Waals surface area (Å²) < 4.78 is 0. The van der Waals surface area contributed by atoms with Crippen LogP contribution in [-0.4, -0.2) is 15.8 Å². The molecule has 1 aromatic carbocycles. The van der Waals surface area contributed by atoms with Crippen LogP contribution in [0.5, 0.6) is 0 Å². The lowest BCUT2D eigenvalue weighted by molar-refractivity contribution is -0.380. The summed E-state index contributed by atoms with van der Waals surface area (Å²) in [5, 5.41) is 13.0. The number of aromatic nitrogens is 1. The van der Waals surface area contributed by atoms with E-state index < -0.39 is 4.92 Å². The highest BCUT2D eigenvalue weighted by Crippen LogP contribution is 2.24. The minimum Gasteiger partial charge on any atom is -0.298 e. The van der Waals surface area contributed by atoms with Gasteiger partial charge in [-0.15, -0.1) is 0 Å². The number of nitro groups is 1. The Morgan fingerprint density at radius 2 is 2.11 bits per heavy atom. The topological polar surface area (TPSA) is 85.1 Å². The maximum atomic E-state index is 11.6. The van der Waals surface area contributed by atoms with E-state index in [0.717, 1.165) is 23.1 Å². The van der Waals surface area contributed by atoms with Crippen molar-refractivity contribution in [3.8, 4) is 0 Å². The van der Waals surface area contributed by atoms with Crippen LogP contribution in [0.25, 0.3) is 6.08 Å². The van der Waals surface area contributed by atoms with Crippen LogP contribution in [0.15, 0.2) is 42.6 Å². The van der Waals surface area contributed by atoms with Gasteiger partial charge in [0.15, 0.2) is 5.13 Å². The van der Waals surface area contributed by atoms with Crippen LogP contribution in [0.2, 0.25) is 0 Å². The molecule has 2 aromatic rings. The van der Waals surface area contributed by atoms with Crippen molar-refractivity contribution in [2.75, 3.05) is 5.32 Å². The molecule has 1 heterocycles. The Labute approximate surface area is 112 Å². The summed E-state index contributed by atoms with van der Waals surface area (Å²) in [5.74, 6) is -0.381. The van der Waals surface area contributed by atoms with Gasteiger partial charge in [0.2, 0.25) is 5.91 Å². The van der Waals surface area contributed by atoms with Crippen molar-refractivity contribution >= 4 is 33.5 Å². The van der Waals surface area contributed by atoms with Gasteiger partial charge in [0.25, 0.3) is 0 Å². The van der Waals surface area contributed by atoms with Gasteiger partial charge in [0, 0.05) is 6.08 Å². The zero-order chi connectivity index (χ0) is 13.7. The molecule has 0 atom stereocenters. The van der Waals surface area contributed by atoms with E-state index in [1.165, 1.54) is 6.08 Å². The highest BCUT2D eigenvalue weighted by molar-refractivity contribution is 7.18. The second kappa shape index (κ2) is 5.87. The normalized spacial score (nSPS) is 10.5. The Morgan fingerprint density at radius 3 is 2.74 bits per heavy atom. The summed E-state index contributed by atoms with van der Waals surface area (Å²) in [6.07, 6.45) is 4.11. The maximum Gasteiger partial charge on any atom is 0.345 e. The molecule has 19 heavy (non-hydrogen) atoms. The summed E-state index contributed by atoms with van der Waals surface area (Å²) in [7, 11) is 0. The Balaban J connectivity index is 1.97. The molecule has 0 aliphatic rings. The number of nitrogens with zero attached hydrogens (tertiary/aromatic N) is 2. The first-order chi connectivity index (χ1) is 9.15. The van der Waals surface area contributed by atoms with E-state index in [2.05, 4.69) is 10.3 Å². The zero-order valence-corrected chi connectivity index (χ0v) is 10.5. The van der Waals surface area contributed by atoms with Crippen molar-refractivity contribution < 1.29 is 9.72 Å². The molecule has 0 aliphatic carbocycles. The number of carbonyl (C=O) groups excluding carboxylic acids is 1.